The number of benzene rings is 2. The molecule has 0 amide bonds. The first kappa shape index (κ1) is 19.4. The fourth-order valence-electron chi connectivity index (χ4n) is 2.26. The van der Waals surface area contributed by atoms with Crippen LogP contribution in [0.4, 0.5) is 13.2 Å². The lowest BCUT2D eigenvalue weighted by molar-refractivity contribution is -0.263. The van der Waals surface area contributed by atoms with Gasteiger partial charge in [0.15, 0.2) is 5.60 Å². The molecule has 2 aromatic carbocycles. The van der Waals surface area contributed by atoms with Crippen LogP contribution in [0.1, 0.15) is 11.1 Å². The zero-order valence-electron chi connectivity index (χ0n) is 13.2. The van der Waals surface area contributed by atoms with E-state index in [1.165, 1.54) is 18.2 Å². The summed E-state index contributed by atoms with van der Waals surface area (Å²) in [5, 5.41) is 10.1. The Balaban J connectivity index is 2.10. The lowest BCUT2D eigenvalue weighted by Crippen LogP contribution is -2.51. The van der Waals surface area contributed by atoms with Crippen LogP contribution in [-0.2, 0) is 22.0 Å². The SMILES string of the molecule is O=S(=O)(CCc1ccccc1)NC[C@](O)(c1ccccc1)C(F)(F)F. The molecule has 25 heavy (non-hydrogen) atoms. The molecule has 0 heterocycles. The van der Waals surface area contributed by atoms with Gasteiger partial charge >= 0.3 is 6.18 Å². The van der Waals surface area contributed by atoms with E-state index < -0.39 is 33.9 Å². The number of hydrogen-bond acceptors (Lipinski definition) is 3. The number of halogens is 3. The number of sulfonamides is 1. The number of hydrogen-bond donors (Lipinski definition) is 2. The Morgan fingerprint density at radius 2 is 1.44 bits per heavy atom. The van der Waals surface area contributed by atoms with E-state index in [9.17, 15) is 26.7 Å². The van der Waals surface area contributed by atoms with Crippen LogP contribution < -0.4 is 4.72 Å². The van der Waals surface area contributed by atoms with Crippen molar-refractivity contribution in [2.45, 2.75) is 18.2 Å². The van der Waals surface area contributed by atoms with Crippen LogP contribution in [0.3, 0.4) is 0 Å². The number of aliphatic hydroxyl groups is 1. The zero-order chi connectivity index (χ0) is 18.6. The summed E-state index contributed by atoms with van der Waals surface area (Å²) in [5.74, 6) is -0.375. The molecule has 0 aliphatic heterocycles. The maximum atomic E-state index is 13.3. The molecule has 0 bridgehead atoms. The molecular weight excluding hydrogens is 355 g/mol. The minimum absolute atomic E-state index is 0.159. The van der Waals surface area contributed by atoms with Gasteiger partial charge in [0.2, 0.25) is 10.0 Å². The van der Waals surface area contributed by atoms with E-state index in [0.717, 1.165) is 17.7 Å². The first-order valence-electron chi connectivity index (χ1n) is 7.50. The van der Waals surface area contributed by atoms with Gasteiger partial charge in [-0.2, -0.15) is 13.2 Å². The molecule has 1 atom stereocenters. The zero-order valence-corrected chi connectivity index (χ0v) is 14.0. The normalized spacial score (nSPS) is 14.9. The van der Waals surface area contributed by atoms with Gasteiger partial charge in [0.25, 0.3) is 0 Å². The molecule has 0 fully saturated rings. The van der Waals surface area contributed by atoms with Gasteiger partial charge in [-0.3, -0.25) is 0 Å². The van der Waals surface area contributed by atoms with Crippen molar-refractivity contribution in [2.75, 3.05) is 12.3 Å². The topological polar surface area (TPSA) is 66.4 Å². The molecule has 0 unspecified atom stereocenters. The molecule has 0 saturated carbocycles. The highest BCUT2D eigenvalue weighted by atomic mass is 32.2. The fraction of sp³-hybridized carbons (Fsp3) is 0.294. The van der Waals surface area contributed by atoms with E-state index in [0.29, 0.717) is 0 Å². The molecule has 0 aliphatic carbocycles. The smallest absolute Gasteiger partial charge is 0.375 e. The van der Waals surface area contributed by atoms with Crippen molar-refractivity contribution in [1.29, 1.82) is 0 Å². The lowest BCUT2D eigenvalue weighted by atomic mass is 9.93. The summed E-state index contributed by atoms with van der Waals surface area (Å²) in [6, 6.07) is 15.1. The van der Waals surface area contributed by atoms with Gasteiger partial charge in [0, 0.05) is 0 Å². The summed E-state index contributed by atoms with van der Waals surface area (Å²) in [7, 11) is -3.99. The van der Waals surface area contributed by atoms with E-state index in [1.54, 1.807) is 30.3 Å². The van der Waals surface area contributed by atoms with Gasteiger partial charge in [-0.25, -0.2) is 13.1 Å². The second-order valence-corrected chi connectivity index (χ2v) is 7.53. The van der Waals surface area contributed by atoms with Crippen LogP contribution in [0, 0.1) is 0 Å². The third-order valence-electron chi connectivity index (χ3n) is 3.77. The summed E-state index contributed by atoms with van der Waals surface area (Å²) in [6.45, 7) is -1.18. The Labute approximate surface area is 144 Å². The van der Waals surface area contributed by atoms with E-state index in [2.05, 4.69) is 0 Å². The predicted octanol–water partition coefficient (Wildman–Crippen LogP) is 2.60. The highest BCUT2D eigenvalue weighted by Crippen LogP contribution is 2.38. The highest BCUT2D eigenvalue weighted by molar-refractivity contribution is 7.89. The van der Waals surface area contributed by atoms with Gasteiger partial charge < -0.3 is 5.11 Å². The molecule has 136 valence electrons. The summed E-state index contributed by atoms with van der Waals surface area (Å²) in [5.41, 5.74) is -2.97. The van der Waals surface area contributed by atoms with Crippen LogP contribution in [0.2, 0.25) is 0 Å². The fourth-order valence-corrected chi connectivity index (χ4v) is 3.34. The van der Waals surface area contributed by atoms with Crippen LogP contribution in [-0.4, -0.2) is 32.0 Å². The second-order valence-electron chi connectivity index (χ2n) is 5.60. The number of nitrogens with one attached hydrogen (secondary N) is 1. The number of alkyl halides is 3. The average Bonchev–Trinajstić information content (AvgIpc) is 2.59. The molecule has 0 saturated heterocycles. The summed E-state index contributed by atoms with van der Waals surface area (Å²) >= 11 is 0. The van der Waals surface area contributed by atoms with Crippen LogP contribution in [0.5, 0.6) is 0 Å². The molecule has 2 rings (SSSR count). The molecule has 2 N–H and O–H groups in total. The molecule has 0 aliphatic rings. The van der Waals surface area contributed by atoms with Crippen molar-refractivity contribution in [3.05, 3.63) is 71.8 Å². The Morgan fingerprint density at radius 1 is 0.920 bits per heavy atom. The quantitative estimate of drug-likeness (QED) is 0.784. The maximum Gasteiger partial charge on any atom is 0.422 e. The molecule has 8 heteroatoms. The first-order valence-corrected chi connectivity index (χ1v) is 9.15. The van der Waals surface area contributed by atoms with Crippen molar-refractivity contribution in [3.8, 4) is 0 Å². The third kappa shape index (κ3) is 5.04. The minimum Gasteiger partial charge on any atom is -0.375 e. The Hall–Kier alpha value is -1.90. The lowest BCUT2D eigenvalue weighted by Gasteiger charge is -2.31. The molecular formula is C17H18F3NO3S. The van der Waals surface area contributed by atoms with Gasteiger partial charge in [0.1, 0.15) is 0 Å². The van der Waals surface area contributed by atoms with Gasteiger partial charge in [-0.1, -0.05) is 60.7 Å². The van der Waals surface area contributed by atoms with Crippen molar-refractivity contribution in [1.82, 2.24) is 4.72 Å². The van der Waals surface area contributed by atoms with Gasteiger partial charge in [-0.15, -0.1) is 0 Å². The molecule has 0 radical (unpaired) electrons. The largest absolute Gasteiger partial charge is 0.422 e. The van der Waals surface area contributed by atoms with Crippen molar-refractivity contribution in [3.63, 3.8) is 0 Å². The molecule has 0 spiro atoms. The molecule has 2 aromatic rings. The molecule has 0 aromatic heterocycles. The predicted molar refractivity (Wildman–Crippen MR) is 88.3 cm³/mol. The van der Waals surface area contributed by atoms with Crippen LogP contribution in [0.25, 0.3) is 0 Å². The summed E-state index contributed by atoms with van der Waals surface area (Å²) < 4.78 is 65.9. The first-order chi connectivity index (χ1) is 11.6. The Kier molecular flexibility index (Phi) is 5.87. The highest BCUT2D eigenvalue weighted by Gasteiger charge is 2.55. The van der Waals surface area contributed by atoms with Crippen molar-refractivity contribution >= 4 is 10.0 Å². The summed E-state index contributed by atoms with van der Waals surface area (Å²) in [4.78, 5) is 0. The average molecular weight is 373 g/mol. The van der Waals surface area contributed by atoms with Crippen LogP contribution >= 0.6 is 0 Å². The Bertz CT molecular complexity index is 780. The number of aryl methyl sites for hydroxylation is 1. The minimum atomic E-state index is -5.03. The van der Waals surface area contributed by atoms with Gasteiger partial charge in [0.05, 0.1) is 12.3 Å². The monoisotopic (exact) mass is 373 g/mol. The van der Waals surface area contributed by atoms with E-state index >= 15 is 0 Å². The maximum absolute atomic E-state index is 13.3. The van der Waals surface area contributed by atoms with E-state index in [1.807, 2.05) is 4.72 Å². The third-order valence-corrected chi connectivity index (χ3v) is 5.10. The van der Waals surface area contributed by atoms with E-state index in [-0.39, 0.29) is 12.2 Å². The number of rotatable bonds is 7. The van der Waals surface area contributed by atoms with E-state index in [4.69, 9.17) is 0 Å². The standard InChI is InChI=1S/C17H18F3NO3S/c18-17(19,20)16(22,15-9-5-2-6-10-15)13-21-25(23,24)12-11-14-7-3-1-4-8-14/h1-10,21-22H,11-13H2/t16-/m0/s1. The Morgan fingerprint density at radius 3 is 1.96 bits per heavy atom. The van der Waals surface area contributed by atoms with Gasteiger partial charge in [-0.05, 0) is 17.5 Å². The molecule has 4 nitrogen and oxygen atoms in total. The van der Waals surface area contributed by atoms with Crippen molar-refractivity contribution < 1.29 is 26.7 Å². The second kappa shape index (κ2) is 7.55. The summed E-state index contributed by atoms with van der Waals surface area (Å²) in [6.07, 6.45) is -4.87. The van der Waals surface area contributed by atoms with Crippen LogP contribution in [0.15, 0.2) is 60.7 Å². The van der Waals surface area contributed by atoms with Crippen molar-refractivity contribution in [2.24, 2.45) is 0 Å².